The molecule has 1 atom stereocenters. The summed E-state index contributed by atoms with van der Waals surface area (Å²) in [6.07, 6.45) is 2.36. The quantitative estimate of drug-likeness (QED) is 0.476. The van der Waals surface area contributed by atoms with Crippen LogP contribution in [0.3, 0.4) is 0 Å². The van der Waals surface area contributed by atoms with Crippen LogP contribution in [0.2, 0.25) is 0 Å². The Hall–Kier alpha value is 0.390. The standard InChI is InChI=1S/C7H15OP/c1-7(2,3)9-5-4-8-6-9/h4-6H2,1-3H3. The zero-order valence-corrected chi connectivity index (χ0v) is 7.37. The SMILES string of the molecule is CC(C)(C)P1CCOC1. The molecule has 2 heteroatoms. The maximum Gasteiger partial charge on any atom is 0.0665 e. The maximum absolute atomic E-state index is 5.31. The minimum absolute atomic E-state index is 0.192. The highest BCUT2D eigenvalue weighted by atomic mass is 31.1. The van der Waals surface area contributed by atoms with Crippen LogP contribution in [-0.2, 0) is 4.74 Å². The Kier molecular flexibility index (Phi) is 2.13. The van der Waals surface area contributed by atoms with Gasteiger partial charge in [-0.15, -0.1) is 0 Å². The summed E-state index contributed by atoms with van der Waals surface area (Å²) in [6, 6.07) is 0. The summed E-state index contributed by atoms with van der Waals surface area (Å²) in [5.41, 5.74) is 0. The van der Waals surface area contributed by atoms with E-state index < -0.39 is 0 Å². The molecule has 1 aliphatic rings. The molecule has 0 N–H and O–H groups in total. The second kappa shape index (κ2) is 2.56. The predicted octanol–water partition coefficient (Wildman–Crippen LogP) is 2.25. The first-order chi connectivity index (χ1) is 4.11. The summed E-state index contributed by atoms with van der Waals surface area (Å²) in [4.78, 5) is 0. The fourth-order valence-electron chi connectivity index (χ4n) is 0.943. The van der Waals surface area contributed by atoms with Crippen molar-refractivity contribution in [2.45, 2.75) is 25.9 Å². The van der Waals surface area contributed by atoms with E-state index in [0.717, 1.165) is 13.0 Å². The van der Waals surface area contributed by atoms with Crippen molar-refractivity contribution in [1.82, 2.24) is 0 Å². The highest BCUT2D eigenvalue weighted by Crippen LogP contribution is 2.51. The van der Waals surface area contributed by atoms with Gasteiger partial charge in [0.1, 0.15) is 0 Å². The topological polar surface area (TPSA) is 9.23 Å². The lowest BCUT2D eigenvalue weighted by Gasteiger charge is -2.25. The summed E-state index contributed by atoms with van der Waals surface area (Å²) in [5, 5.41) is 0.520. The van der Waals surface area contributed by atoms with Crippen molar-refractivity contribution in [2.24, 2.45) is 0 Å². The molecule has 0 radical (unpaired) electrons. The molecule has 0 saturated carbocycles. The molecule has 9 heavy (non-hydrogen) atoms. The first kappa shape index (κ1) is 7.50. The summed E-state index contributed by atoms with van der Waals surface area (Å²) < 4.78 is 5.31. The van der Waals surface area contributed by atoms with Crippen molar-refractivity contribution in [3.05, 3.63) is 0 Å². The molecule has 0 aromatic carbocycles. The van der Waals surface area contributed by atoms with Gasteiger partial charge < -0.3 is 4.74 Å². The van der Waals surface area contributed by atoms with Gasteiger partial charge in [-0.1, -0.05) is 28.7 Å². The molecule has 1 fully saturated rings. The van der Waals surface area contributed by atoms with Crippen LogP contribution in [0.4, 0.5) is 0 Å². The average Bonchev–Trinajstić information content (AvgIpc) is 2.08. The lowest BCUT2D eigenvalue weighted by molar-refractivity contribution is 0.216. The maximum atomic E-state index is 5.31. The minimum atomic E-state index is 0.192. The first-order valence-corrected chi connectivity index (χ1v) is 5.15. The van der Waals surface area contributed by atoms with Crippen molar-refractivity contribution in [3.8, 4) is 0 Å². The Morgan fingerprint density at radius 1 is 1.33 bits per heavy atom. The smallest absolute Gasteiger partial charge is 0.0665 e. The first-order valence-electron chi connectivity index (χ1n) is 3.43. The highest BCUT2D eigenvalue weighted by Gasteiger charge is 2.27. The van der Waals surface area contributed by atoms with Crippen LogP contribution < -0.4 is 0 Å². The lowest BCUT2D eigenvalue weighted by atomic mass is 10.3. The Morgan fingerprint density at radius 2 is 2.00 bits per heavy atom. The van der Waals surface area contributed by atoms with Gasteiger partial charge in [-0.05, 0) is 11.3 Å². The predicted molar refractivity (Wildman–Crippen MR) is 42.4 cm³/mol. The summed E-state index contributed by atoms with van der Waals surface area (Å²) in [6.45, 7) is 7.94. The second-order valence-corrected chi connectivity index (χ2v) is 6.60. The molecule has 1 saturated heterocycles. The third kappa shape index (κ3) is 1.91. The summed E-state index contributed by atoms with van der Waals surface area (Å²) >= 11 is 0. The van der Waals surface area contributed by atoms with Gasteiger partial charge in [-0.3, -0.25) is 0 Å². The number of hydrogen-bond acceptors (Lipinski definition) is 1. The molecule has 0 aromatic heterocycles. The molecule has 1 aliphatic heterocycles. The minimum Gasteiger partial charge on any atom is -0.377 e. The molecule has 0 bridgehead atoms. The fourth-order valence-corrected chi connectivity index (χ4v) is 2.83. The zero-order chi connectivity index (χ0) is 6.91. The second-order valence-electron chi connectivity index (χ2n) is 3.47. The van der Waals surface area contributed by atoms with Crippen molar-refractivity contribution >= 4 is 7.92 Å². The van der Waals surface area contributed by atoms with Crippen LogP contribution in [0.5, 0.6) is 0 Å². The van der Waals surface area contributed by atoms with Crippen LogP contribution in [0.25, 0.3) is 0 Å². The molecular weight excluding hydrogens is 131 g/mol. The average molecular weight is 146 g/mol. The van der Waals surface area contributed by atoms with Crippen LogP contribution in [-0.4, -0.2) is 24.3 Å². The van der Waals surface area contributed by atoms with E-state index in [0.29, 0.717) is 5.16 Å². The molecule has 54 valence electrons. The van der Waals surface area contributed by atoms with Gasteiger partial charge >= 0.3 is 0 Å². The van der Waals surface area contributed by atoms with Gasteiger partial charge in [-0.25, -0.2) is 0 Å². The van der Waals surface area contributed by atoms with E-state index in [1.165, 1.54) is 6.16 Å². The van der Waals surface area contributed by atoms with Crippen molar-refractivity contribution in [2.75, 3.05) is 19.1 Å². The van der Waals surface area contributed by atoms with Gasteiger partial charge in [0.05, 0.1) is 13.0 Å². The van der Waals surface area contributed by atoms with Crippen molar-refractivity contribution in [3.63, 3.8) is 0 Å². The van der Waals surface area contributed by atoms with E-state index in [2.05, 4.69) is 20.8 Å². The van der Waals surface area contributed by atoms with E-state index in [1.54, 1.807) is 0 Å². The molecule has 1 nitrogen and oxygen atoms in total. The molecule has 1 unspecified atom stereocenters. The van der Waals surface area contributed by atoms with Gasteiger partial charge in [0.15, 0.2) is 0 Å². The largest absolute Gasteiger partial charge is 0.377 e. The van der Waals surface area contributed by atoms with Gasteiger partial charge in [0, 0.05) is 0 Å². The third-order valence-electron chi connectivity index (χ3n) is 1.70. The Balaban J connectivity index is 2.42. The van der Waals surface area contributed by atoms with E-state index in [4.69, 9.17) is 4.74 Å². The zero-order valence-electron chi connectivity index (χ0n) is 6.48. The Bertz CT molecular complexity index is 89.6. The van der Waals surface area contributed by atoms with E-state index >= 15 is 0 Å². The number of ether oxygens (including phenoxy) is 1. The normalized spacial score (nSPS) is 29.0. The molecule has 1 rings (SSSR count). The van der Waals surface area contributed by atoms with Gasteiger partial charge in [0.25, 0.3) is 0 Å². The molecular formula is C7H15OP. The van der Waals surface area contributed by atoms with E-state index in [-0.39, 0.29) is 7.92 Å². The number of hydrogen-bond donors (Lipinski definition) is 0. The summed E-state index contributed by atoms with van der Waals surface area (Å²) in [7, 11) is 0.192. The Morgan fingerprint density at radius 3 is 2.22 bits per heavy atom. The van der Waals surface area contributed by atoms with Crippen molar-refractivity contribution in [1.29, 1.82) is 0 Å². The van der Waals surface area contributed by atoms with E-state index in [9.17, 15) is 0 Å². The molecule has 0 aliphatic carbocycles. The molecule has 0 spiro atoms. The lowest BCUT2D eigenvalue weighted by Crippen LogP contribution is -2.12. The monoisotopic (exact) mass is 146 g/mol. The summed E-state index contributed by atoms with van der Waals surface area (Å²) in [5.74, 6) is 0. The fraction of sp³-hybridized carbons (Fsp3) is 1.00. The third-order valence-corrected chi connectivity index (χ3v) is 4.82. The van der Waals surface area contributed by atoms with Crippen LogP contribution in [0.15, 0.2) is 0 Å². The number of rotatable bonds is 0. The van der Waals surface area contributed by atoms with Gasteiger partial charge in [0.2, 0.25) is 0 Å². The van der Waals surface area contributed by atoms with Crippen LogP contribution >= 0.6 is 7.92 Å². The Labute approximate surface area is 58.5 Å². The van der Waals surface area contributed by atoms with Crippen LogP contribution in [0, 0.1) is 0 Å². The molecule has 0 aromatic rings. The highest BCUT2D eigenvalue weighted by molar-refractivity contribution is 7.59. The van der Waals surface area contributed by atoms with E-state index in [1.807, 2.05) is 0 Å². The van der Waals surface area contributed by atoms with Gasteiger partial charge in [-0.2, -0.15) is 0 Å². The molecule has 0 amide bonds. The van der Waals surface area contributed by atoms with Crippen molar-refractivity contribution < 1.29 is 4.74 Å². The van der Waals surface area contributed by atoms with Crippen LogP contribution in [0.1, 0.15) is 20.8 Å². The molecule has 1 heterocycles.